The lowest BCUT2D eigenvalue weighted by atomic mass is 10.4. The second kappa shape index (κ2) is 8.05. The van der Waals surface area contributed by atoms with Crippen LogP contribution in [0.15, 0.2) is 97.1 Å². The van der Waals surface area contributed by atoms with Crippen LogP contribution in [0.4, 0.5) is 0 Å². The largest absolute Gasteiger partial charge is 0.253 e. The second-order valence-electron chi connectivity index (χ2n) is 7.75. The molecule has 5 rings (SSSR count). The molecule has 0 bridgehead atoms. The lowest BCUT2D eigenvalue weighted by Crippen LogP contribution is -2.32. The van der Waals surface area contributed by atoms with E-state index in [1.54, 1.807) is 0 Å². The molecule has 0 atom stereocenters. The summed E-state index contributed by atoms with van der Waals surface area (Å²) in [4.78, 5) is 9.47. The van der Waals surface area contributed by atoms with Gasteiger partial charge in [0, 0.05) is 11.4 Å². The molecule has 2 aromatic heterocycles. The van der Waals surface area contributed by atoms with E-state index in [-0.39, 0.29) is 0 Å². The standard InChI is InChI=1S/C26H24N4P/c1-20-18-21(2)30-26(27-20)28-25(29-30)19-31(22-12-6-3-7-13-22,23-14-8-4-9-15-23)24-16-10-5-11-17-24/h3-18H,19H2,1-2H3/q+1. The summed E-state index contributed by atoms with van der Waals surface area (Å²) < 4.78 is 1.86. The highest BCUT2D eigenvalue weighted by Gasteiger charge is 2.46. The zero-order valence-electron chi connectivity index (χ0n) is 17.7. The van der Waals surface area contributed by atoms with Gasteiger partial charge in [-0.3, -0.25) is 0 Å². The van der Waals surface area contributed by atoms with Crippen LogP contribution >= 0.6 is 7.26 Å². The molecule has 0 radical (unpaired) electrons. The van der Waals surface area contributed by atoms with Crippen molar-refractivity contribution >= 4 is 29.0 Å². The summed E-state index contributed by atoms with van der Waals surface area (Å²) >= 11 is 0. The van der Waals surface area contributed by atoms with E-state index in [0.717, 1.165) is 23.4 Å². The van der Waals surface area contributed by atoms with Crippen molar-refractivity contribution in [3.63, 3.8) is 0 Å². The Morgan fingerprint density at radius 2 is 1.16 bits per heavy atom. The lowest BCUT2D eigenvalue weighted by Gasteiger charge is -2.26. The number of fused-ring (bicyclic) bond motifs is 1. The molecule has 0 spiro atoms. The van der Waals surface area contributed by atoms with Crippen LogP contribution in [-0.4, -0.2) is 19.6 Å². The Bertz CT molecular complexity index is 1220. The van der Waals surface area contributed by atoms with Crippen molar-refractivity contribution in [1.29, 1.82) is 0 Å². The molecule has 0 aliphatic rings. The average Bonchev–Trinajstić information content (AvgIpc) is 3.22. The van der Waals surface area contributed by atoms with Crippen molar-refractivity contribution < 1.29 is 0 Å². The van der Waals surface area contributed by atoms with Crippen LogP contribution < -0.4 is 15.9 Å². The minimum atomic E-state index is -2.02. The number of nitrogens with zero attached hydrogens (tertiary/aromatic N) is 4. The Balaban J connectivity index is 1.77. The molecule has 5 heteroatoms. The van der Waals surface area contributed by atoms with E-state index in [9.17, 15) is 0 Å². The van der Waals surface area contributed by atoms with Crippen LogP contribution in [0.3, 0.4) is 0 Å². The predicted molar refractivity (Wildman–Crippen MR) is 129 cm³/mol. The first-order valence-corrected chi connectivity index (χ1v) is 12.4. The normalized spacial score (nSPS) is 11.7. The van der Waals surface area contributed by atoms with E-state index in [1.165, 1.54) is 15.9 Å². The minimum Gasteiger partial charge on any atom is -0.216 e. The third-order valence-electron chi connectivity index (χ3n) is 5.63. The summed E-state index contributed by atoms with van der Waals surface area (Å²) in [5, 5.41) is 8.86. The molecular weight excluding hydrogens is 399 g/mol. The highest BCUT2D eigenvalue weighted by molar-refractivity contribution is 7.95. The summed E-state index contributed by atoms with van der Waals surface area (Å²) in [6, 6.07) is 34.5. The van der Waals surface area contributed by atoms with Crippen molar-refractivity contribution in [3.8, 4) is 0 Å². The Morgan fingerprint density at radius 1 is 0.677 bits per heavy atom. The molecule has 0 saturated heterocycles. The topological polar surface area (TPSA) is 43.1 Å². The van der Waals surface area contributed by atoms with E-state index in [0.29, 0.717) is 5.78 Å². The molecule has 5 aromatic rings. The summed E-state index contributed by atoms with van der Waals surface area (Å²) in [5.41, 5.74) is 2.00. The molecular formula is C26H24N4P+. The van der Waals surface area contributed by atoms with Gasteiger partial charge in [0.25, 0.3) is 5.78 Å². The third-order valence-corrected chi connectivity index (χ3v) is 9.93. The molecule has 0 N–H and O–H groups in total. The summed E-state index contributed by atoms with van der Waals surface area (Å²) in [6.45, 7) is 4.05. The molecule has 4 nitrogen and oxygen atoms in total. The highest BCUT2D eigenvalue weighted by Crippen LogP contribution is 2.57. The van der Waals surface area contributed by atoms with Gasteiger partial charge in [0.1, 0.15) is 29.3 Å². The summed E-state index contributed by atoms with van der Waals surface area (Å²) in [5.74, 6) is 1.49. The molecule has 0 saturated carbocycles. The molecule has 2 heterocycles. The fourth-order valence-corrected chi connectivity index (χ4v) is 8.30. The van der Waals surface area contributed by atoms with Gasteiger partial charge in [0.2, 0.25) is 0 Å². The average molecular weight is 423 g/mol. The van der Waals surface area contributed by atoms with Crippen molar-refractivity contribution in [2.75, 3.05) is 0 Å². The maximum Gasteiger partial charge on any atom is 0.253 e. The number of rotatable bonds is 5. The van der Waals surface area contributed by atoms with E-state index >= 15 is 0 Å². The van der Waals surface area contributed by atoms with Crippen molar-refractivity contribution in [1.82, 2.24) is 19.6 Å². The van der Waals surface area contributed by atoms with E-state index in [4.69, 9.17) is 10.1 Å². The van der Waals surface area contributed by atoms with Crippen molar-refractivity contribution in [2.24, 2.45) is 0 Å². The van der Waals surface area contributed by atoms with Gasteiger partial charge in [-0.05, 0) is 56.3 Å². The highest BCUT2D eigenvalue weighted by atomic mass is 31.2. The van der Waals surface area contributed by atoms with Gasteiger partial charge in [-0.2, -0.15) is 4.98 Å². The smallest absolute Gasteiger partial charge is 0.216 e. The SMILES string of the molecule is Cc1cc(C)n2nc(C[P+](c3ccccc3)(c3ccccc3)c3ccccc3)nc2n1. The van der Waals surface area contributed by atoms with Gasteiger partial charge < -0.3 is 0 Å². The van der Waals surface area contributed by atoms with E-state index in [1.807, 2.05) is 24.4 Å². The van der Waals surface area contributed by atoms with Gasteiger partial charge in [-0.15, -0.1) is 5.10 Å². The molecule has 31 heavy (non-hydrogen) atoms. The Hall–Kier alpha value is -3.36. The number of aromatic nitrogens is 4. The van der Waals surface area contributed by atoms with E-state index in [2.05, 4.69) is 96.0 Å². The van der Waals surface area contributed by atoms with Gasteiger partial charge in [0.05, 0.1) is 0 Å². The van der Waals surface area contributed by atoms with Crippen LogP contribution in [0.2, 0.25) is 0 Å². The maximum atomic E-state index is 4.89. The van der Waals surface area contributed by atoms with Gasteiger partial charge in [0.15, 0.2) is 5.82 Å². The second-order valence-corrected chi connectivity index (χ2v) is 11.2. The van der Waals surface area contributed by atoms with Crippen molar-refractivity contribution in [2.45, 2.75) is 20.0 Å². The fourth-order valence-electron chi connectivity index (χ4n) is 4.26. The fraction of sp³-hybridized carbons (Fsp3) is 0.115. The molecule has 0 aliphatic heterocycles. The lowest BCUT2D eigenvalue weighted by molar-refractivity contribution is 0.866. The zero-order valence-corrected chi connectivity index (χ0v) is 18.6. The first-order chi connectivity index (χ1) is 15.2. The molecule has 0 fully saturated rings. The zero-order chi connectivity index (χ0) is 21.3. The van der Waals surface area contributed by atoms with Gasteiger partial charge >= 0.3 is 0 Å². The Morgan fingerprint density at radius 3 is 1.65 bits per heavy atom. The van der Waals surface area contributed by atoms with Crippen LogP contribution in [-0.2, 0) is 6.16 Å². The quantitative estimate of drug-likeness (QED) is 0.397. The number of aryl methyl sites for hydroxylation is 2. The van der Waals surface area contributed by atoms with Crippen LogP contribution in [0.1, 0.15) is 17.2 Å². The number of benzene rings is 3. The first-order valence-electron chi connectivity index (χ1n) is 10.4. The third kappa shape index (κ3) is 3.54. The van der Waals surface area contributed by atoms with Gasteiger partial charge in [-0.1, -0.05) is 54.6 Å². The summed E-state index contributed by atoms with van der Waals surface area (Å²) in [7, 11) is -2.02. The maximum absolute atomic E-state index is 4.89. The van der Waals surface area contributed by atoms with Crippen LogP contribution in [0, 0.1) is 13.8 Å². The molecule has 3 aromatic carbocycles. The minimum absolute atomic E-state index is 0.666. The monoisotopic (exact) mass is 423 g/mol. The molecule has 152 valence electrons. The van der Waals surface area contributed by atoms with Crippen molar-refractivity contribution in [3.05, 3.63) is 114 Å². The van der Waals surface area contributed by atoms with Gasteiger partial charge in [-0.25, -0.2) is 9.50 Å². The number of hydrogen-bond donors (Lipinski definition) is 0. The van der Waals surface area contributed by atoms with E-state index < -0.39 is 7.26 Å². The molecule has 0 amide bonds. The predicted octanol–water partition coefficient (Wildman–Crippen LogP) is 4.24. The molecule has 0 aliphatic carbocycles. The Kier molecular flexibility index (Phi) is 5.09. The van der Waals surface area contributed by atoms with Crippen LogP contribution in [0.25, 0.3) is 5.78 Å². The number of hydrogen-bond acceptors (Lipinski definition) is 3. The molecule has 0 unspecified atom stereocenters. The Labute approximate surface area is 183 Å². The summed E-state index contributed by atoms with van der Waals surface area (Å²) in [6.07, 6.45) is 0.743. The first kappa shape index (κ1) is 19.6. The van der Waals surface area contributed by atoms with Crippen LogP contribution in [0.5, 0.6) is 0 Å².